The van der Waals surface area contributed by atoms with Crippen molar-refractivity contribution < 1.29 is 27.9 Å². The second-order valence-electron chi connectivity index (χ2n) is 12.2. The first kappa shape index (κ1) is 31.9. The van der Waals surface area contributed by atoms with Gasteiger partial charge in [0.05, 0.1) is 22.2 Å². The summed E-state index contributed by atoms with van der Waals surface area (Å²) in [7, 11) is -1.29. The molecule has 1 N–H and O–H groups in total. The molecule has 12 heteroatoms. The van der Waals surface area contributed by atoms with Gasteiger partial charge in [0, 0.05) is 68.7 Å². The minimum Gasteiger partial charge on any atom is -0.489 e. The lowest BCUT2D eigenvalue weighted by atomic mass is 10.0. The van der Waals surface area contributed by atoms with Crippen molar-refractivity contribution >= 4 is 54.8 Å². The van der Waals surface area contributed by atoms with Crippen molar-refractivity contribution in [3.8, 4) is 28.1 Å². The number of thiophene rings is 1. The van der Waals surface area contributed by atoms with Crippen molar-refractivity contribution in [1.82, 2.24) is 8.87 Å². The maximum absolute atomic E-state index is 12.6. The van der Waals surface area contributed by atoms with E-state index in [1.54, 1.807) is 6.07 Å². The number of aromatic carboxylic acids is 1. The molecule has 5 aromatic rings. The van der Waals surface area contributed by atoms with Crippen molar-refractivity contribution in [2.75, 3.05) is 48.8 Å². The van der Waals surface area contributed by atoms with Gasteiger partial charge in [0.15, 0.2) is 0 Å². The lowest BCUT2D eigenvalue weighted by Gasteiger charge is -2.36. The number of hydrogen-bond acceptors (Lipinski definition) is 7. The lowest BCUT2D eigenvalue weighted by molar-refractivity contribution is -0.117. The third kappa shape index (κ3) is 6.07. The monoisotopic (exact) mass is 684 g/mol. The molecule has 3 aromatic carbocycles. The highest BCUT2D eigenvalue weighted by Gasteiger charge is 2.27. The molecule has 4 heterocycles. The normalized spacial score (nSPS) is 15.8. The zero-order valence-electron chi connectivity index (χ0n) is 26.8. The first-order chi connectivity index (χ1) is 23.1. The van der Waals surface area contributed by atoms with Gasteiger partial charge in [-0.2, -0.15) is 4.31 Å². The van der Waals surface area contributed by atoms with Crippen molar-refractivity contribution in [3.05, 3.63) is 89.3 Å². The molecule has 2 aliphatic heterocycles. The van der Waals surface area contributed by atoms with Crippen LogP contribution in [0.4, 0.5) is 11.4 Å². The maximum Gasteiger partial charge on any atom is 0.345 e. The third-order valence-corrected chi connectivity index (χ3v) is 11.6. The molecule has 2 aromatic heterocycles. The Morgan fingerprint density at radius 1 is 0.917 bits per heavy atom. The highest BCUT2D eigenvalue weighted by Crippen LogP contribution is 2.44. The van der Waals surface area contributed by atoms with Crippen LogP contribution in [-0.2, 0) is 28.5 Å². The van der Waals surface area contributed by atoms with E-state index in [2.05, 4.69) is 9.47 Å². The minimum atomic E-state index is -3.25. The SMILES string of the molecule is Cn1c(-c2ccc(OCc3cc(N4CCCC4=O)ccc3N3CCN(S(C)(=O)=O)CC3)cc2)c(-c2ccccc2)c2sc(C(=O)O)cc21. The van der Waals surface area contributed by atoms with Crippen LogP contribution >= 0.6 is 11.3 Å². The van der Waals surface area contributed by atoms with Gasteiger partial charge in [0.25, 0.3) is 0 Å². The number of piperazine rings is 1. The predicted molar refractivity (Wildman–Crippen MR) is 190 cm³/mol. The molecule has 2 saturated heterocycles. The minimum absolute atomic E-state index is 0.113. The van der Waals surface area contributed by atoms with Gasteiger partial charge in [0.2, 0.25) is 15.9 Å². The van der Waals surface area contributed by atoms with Crippen molar-refractivity contribution in [1.29, 1.82) is 0 Å². The average molecular weight is 685 g/mol. The van der Waals surface area contributed by atoms with E-state index in [4.69, 9.17) is 4.74 Å². The quantitative estimate of drug-likeness (QED) is 0.201. The summed E-state index contributed by atoms with van der Waals surface area (Å²) in [4.78, 5) is 28.6. The molecular weight excluding hydrogens is 649 g/mol. The van der Waals surface area contributed by atoms with Gasteiger partial charge in [-0.1, -0.05) is 30.3 Å². The van der Waals surface area contributed by atoms with Gasteiger partial charge in [-0.15, -0.1) is 11.3 Å². The van der Waals surface area contributed by atoms with E-state index in [0.29, 0.717) is 49.8 Å². The molecule has 0 saturated carbocycles. The number of rotatable bonds is 9. The van der Waals surface area contributed by atoms with E-state index in [1.807, 2.05) is 84.7 Å². The highest BCUT2D eigenvalue weighted by atomic mass is 32.2. The van der Waals surface area contributed by atoms with Crippen LogP contribution in [0, 0.1) is 0 Å². The number of amides is 1. The van der Waals surface area contributed by atoms with E-state index in [1.165, 1.54) is 21.9 Å². The van der Waals surface area contributed by atoms with Crippen molar-refractivity contribution in [2.24, 2.45) is 7.05 Å². The fraction of sp³-hybridized carbons (Fsp3) is 0.278. The molecule has 2 aliphatic rings. The number of aryl methyl sites for hydroxylation is 1. The number of carboxylic acid groups (broad SMARTS) is 1. The number of hydrogen-bond donors (Lipinski definition) is 1. The van der Waals surface area contributed by atoms with Crippen LogP contribution in [0.2, 0.25) is 0 Å². The third-order valence-electron chi connectivity index (χ3n) is 9.16. The molecule has 0 unspecified atom stereocenters. The lowest BCUT2D eigenvalue weighted by Crippen LogP contribution is -2.48. The Kier molecular flexibility index (Phi) is 8.48. The molecule has 7 rings (SSSR count). The zero-order chi connectivity index (χ0) is 33.6. The Labute approximate surface area is 283 Å². The van der Waals surface area contributed by atoms with Crippen LogP contribution in [0.3, 0.4) is 0 Å². The maximum atomic E-state index is 12.6. The number of carboxylic acids is 1. The number of sulfonamides is 1. The second-order valence-corrected chi connectivity index (χ2v) is 15.2. The van der Waals surface area contributed by atoms with Gasteiger partial charge < -0.3 is 24.2 Å². The summed E-state index contributed by atoms with van der Waals surface area (Å²) in [6.07, 6.45) is 2.62. The van der Waals surface area contributed by atoms with Crippen LogP contribution in [0.25, 0.3) is 32.6 Å². The van der Waals surface area contributed by atoms with Crippen molar-refractivity contribution in [2.45, 2.75) is 19.4 Å². The standard InChI is InChI=1S/C36H36N4O6S2/c1-37-30-22-31(36(42)43)47-35(30)33(24-7-4-3-5-8-24)34(37)25-10-13-28(14-11-25)46-23-26-21-27(40-16-6-9-32(40)41)12-15-29(26)38-17-19-39(20-18-38)48(2,44)45/h3-5,7-8,10-15,21-22H,6,9,16-20,23H2,1-2H3,(H,42,43). The number of ether oxygens (including phenoxy) is 1. The summed E-state index contributed by atoms with van der Waals surface area (Å²) in [5, 5.41) is 9.66. The van der Waals surface area contributed by atoms with Crippen LogP contribution < -0.4 is 14.5 Å². The molecule has 2 fully saturated rings. The Bertz CT molecular complexity index is 2110. The van der Waals surface area contributed by atoms with Crippen LogP contribution in [0.1, 0.15) is 28.1 Å². The number of fused-ring (bicyclic) bond motifs is 1. The topological polar surface area (TPSA) is 112 Å². The number of benzene rings is 3. The molecule has 0 spiro atoms. The fourth-order valence-corrected chi connectivity index (χ4v) is 8.66. The summed E-state index contributed by atoms with van der Waals surface area (Å²) in [5.74, 6) is -0.142. The summed E-state index contributed by atoms with van der Waals surface area (Å²) in [5.41, 5.74) is 7.57. The van der Waals surface area contributed by atoms with E-state index >= 15 is 0 Å². The molecule has 0 bridgehead atoms. The molecule has 248 valence electrons. The molecule has 10 nitrogen and oxygen atoms in total. The molecule has 0 radical (unpaired) electrons. The Morgan fingerprint density at radius 2 is 1.65 bits per heavy atom. The van der Waals surface area contributed by atoms with Crippen LogP contribution in [0.5, 0.6) is 5.75 Å². The van der Waals surface area contributed by atoms with E-state index in [-0.39, 0.29) is 12.5 Å². The highest BCUT2D eigenvalue weighted by molar-refractivity contribution is 7.88. The van der Waals surface area contributed by atoms with Gasteiger partial charge in [0.1, 0.15) is 17.2 Å². The largest absolute Gasteiger partial charge is 0.489 e. The summed E-state index contributed by atoms with van der Waals surface area (Å²) < 4.78 is 35.0. The number of carbonyl (C=O) groups excluding carboxylic acids is 1. The average Bonchev–Trinajstić information content (AvgIpc) is 3.79. The summed E-state index contributed by atoms with van der Waals surface area (Å²) in [6.45, 7) is 2.89. The Balaban J connectivity index is 1.17. The smallest absolute Gasteiger partial charge is 0.345 e. The van der Waals surface area contributed by atoms with Crippen molar-refractivity contribution in [3.63, 3.8) is 0 Å². The number of nitrogens with zero attached hydrogens (tertiary/aromatic N) is 4. The Morgan fingerprint density at radius 3 is 2.29 bits per heavy atom. The van der Waals surface area contributed by atoms with E-state index in [0.717, 1.165) is 56.0 Å². The predicted octanol–water partition coefficient (Wildman–Crippen LogP) is 6.06. The number of anilines is 2. The summed E-state index contributed by atoms with van der Waals surface area (Å²) in [6, 6.07) is 25.6. The first-order valence-corrected chi connectivity index (χ1v) is 18.5. The van der Waals surface area contributed by atoms with Gasteiger partial charge >= 0.3 is 5.97 Å². The molecule has 0 aliphatic carbocycles. The number of carbonyl (C=O) groups is 2. The molecule has 0 atom stereocenters. The molecule has 1 amide bonds. The van der Waals surface area contributed by atoms with Crippen LogP contribution in [-0.4, -0.2) is 73.3 Å². The van der Waals surface area contributed by atoms with Gasteiger partial charge in [-0.3, -0.25) is 4.79 Å². The molecule has 48 heavy (non-hydrogen) atoms. The van der Waals surface area contributed by atoms with E-state index < -0.39 is 16.0 Å². The molecular formula is C36H36N4O6S2. The van der Waals surface area contributed by atoms with E-state index in [9.17, 15) is 23.1 Å². The Hall–Kier alpha value is -4.65. The van der Waals surface area contributed by atoms with Gasteiger partial charge in [-0.25, -0.2) is 13.2 Å². The first-order valence-electron chi connectivity index (χ1n) is 15.9. The summed E-state index contributed by atoms with van der Waals surface area (Å²) >= 11 is 1.28. The number of aromatic nitrogens is 1. The zero-order valence-corrected chi connectivity index (χ0v) is 28.4. The van der Waals surface area contributed by atoms with Gasteiger partial charge in [-0.05, 0) is 66.1 Å². The fourth-order valence-electron chi connectivity index (χ4n) is 6.74. The van der Waals surface area contributed by atoms with Crippen LogP contribution in [0.15, 0.2) is 78.9 Å². The second kappa shape index (κ2) is 12.8.